The Bertz CT molecular complexity index is 1460. The fourth-order valence-corrected chi connectivity index (χ4v) is 4.38. The van der Waals surface area contributed by atoms with E-state index in [4.69, 9.17) is 4.74 Å². The predicted molar refractivity (Wildman–Crippen MR) is 126 cm³/mol. The van der Waals surface area contributed by atoms with E-state index >= 15 is 0 Å². The Labute approximate surface area is 204 Å². The van der Waals surface area contributed by atoms with E-state index in [1.807, 2.05) is 6.92 Å². The second kappa shape index (κ2) is 8.94. The molecule has 1 aliphatic heterocycles. The van der Waals surface area contributed by atoms with Gasteiger partial charge in [-0.1, -0.05) is 0 Å². The van der Waals surface area contributed by atoms with Crippen molar-refractivity contribution in [2.45, 2.75) is 52.5 Å². The Hall–Kier alpha value is -3.93. The molecule has 4 aromatic rings. The molecule has 9 nitrogen and oxygen atoms in total. The number of aromatic nitrogens is 5. The van der Waals surface area contributed by atoms with Gasteiger partial charge in [0.1, 0.15) is 17.8 Å². The van der Waals surface area contributed by atoms with E-state index in [2.05, 4.69) is 32.6 Å². The highest BCUT2D eigenvalue weighted by atomic mass is 19.4. The Kier molecular flexibility index (Phi) is 5.91. The van der Waals surface area contributed by atoms with Crippen molar-refractivity contribution in [3.63, 3.8) is 0 Å². The fraction of sp³-hybridized carbons (Fsp3) is 0.333. The van der Waals surface area contributed by atoms with Crippen LogP contribution >= 0.6 is 0 Å². The van der Waals surface area contributed by atoms with E-state index in [1.165, 1.54) is 10.9 Å². The van der Waals surface area contributed by atoms with Crippen molar-refractivity contribution < 1.29 is 22.7 Å². The van der Waals surface area contributed by atoms with Crippen molar-refractivity contribution in [3.8, 4) is 11.6 Å². The number of alkyl halides is 3. The van der Waals surface area contributed by atoms with Gasteiger partial charge in [-0.2, -0.15) is 18.3 Å². The molecule has 5 rings (SSSR count). The van der Waals surface area contributed by atoms with Crippen LogP contribution in [0.15, 0.2) is 36.8 Å². The summed E-state index contributed by atoms with van der Waals surface area (Å²) in [6.07, 6.45) is -0.799. The second-order valence-corrected chi connectivity index (χ2v) is 8.66. The molecule has 1 aliphatic rings. The van der Waals surface area contributed by atoms with E-state index in [9.17, 15) is 18.0 Å². The van der Waals surface area contributed by atoms with Gasteiger partial charge in [0, 0.05) is 47.9 Å². The molecular weight excluding hydrogens is 475 g/mol. The van der Waals surface area contributed by atoms with Gasteiger partial charge >= 0.3 is 12.2 Å². The number of halogens is 3. The zero-order valence-electron chi connectivity index (χ0n) is 19.8. The maximum atomic E-state index is 13.2. The van der Waals surface area contributed by atoms with Gasteiger partial charge in [0.25, 0.3) is 0 Å². The van der Waals surface area contributed by atoms with Crippen molar-refractivity contribution in [2.75, 3.05) is 5.32 Å². The first-order chi connectivity index (χ1) is 17.2. The average Bonchev–Trinajstić information content (AvgIpc) is 3.46. The molecule has 0 aliphatic carbocycles. The van der Waals surface area contributed by atoms with Gasteiger partial charge in [-0.3, -0.25) is 14.6 Å². The number of anilines is 1. The summed E-state index contributed by atoms with van der Waals surface area (Å²) in [6.45, 7) is 6.17. The zero-order chi connectivity index (χ0) is 25.6. The quantitative estimate of drug-likeness (QED) is 0.415. The molecular formula is C24H24F3N7O2. The van der Waals surface area contributed by atoms with Crippen LogP contribution in [0.3, 0.4) is 0 Å². The van der Waals surface area contributed by atoms with Gasteiger partial charge in [0.15, 0.2) is 5.82 Å². The second-order valence-electron chi connectivity index (χ2n) is 8.66. The maximum absolute atomic E-state index is 13.2. The predicted octanol–water partition coefficient (Wildman–Crippen LogP) is 4.88. The molecule has 1 amide bonds. The molecule has 1 atom stereocenters. The van der Waals surface area contributed by atoms with Crippen molar-refractivity contribution in [3.05, 3.63) is 59.3 Å². The van der Waals surface area contributed by atoms with Crippen LogP contribution in [-0.2, 0) is 25.7 Å². The van der Waals surface area contributed by atoms with Crippen LogP contribution in [0.25, 0.3) is 10.9 Å². The van der Waals surface area contributed by atoms with Crippen LogP contribution in [0.1, 0.15) is 36.4 Å². The lowest BCUT2D eigenvalue weighted by molar-refractivity contribution is -0.144. The number of nitrogens with one attached hydrogen (secondary N) is 2. The number of nitrogens with zero attached hydrogens (tertiary/aromatic N) is 5. The minimum absolute atomic E-state index is 0.0180. The summed E-state index contributed by atoms with van der Waals surface area (Å²) < 4.78 is 48.0. The van der Waals surface area contributed by atoms with E-state index in [1.54, 1.807) is 31.3 Å². The lowest BCUT2D eigenvalue weighted by atomic mass is 10.0. The number of hydrogen-bond donors (Lipinski definition) is 2. The summed E-state index contributed by atoms with van der Waals surface area (Å²) in [7, 11) is 0. The number of carbonyl (C=O) groups is 1. The highest BCUT2D eigenvalue weighted by Gasteiger charge is 2.35. The first-order valence-corrected chi connectivity index (χ1v) is 11.5. The number of hydrogen-bond acceptors (Lipinski definition) is 6. The number of ether oxygens (including phenoxy) is 1. The minimum atomic E-state index is -4.57. The van der Waals surface area contributed by atoms with Crippen LogP contribution < -0.4 is 15.4 Å². The SMILES string of the molecule is CCn1nc(NC(=O)n2ccc3c(C)c(Oc4ncnc5c4C[C@H](C)NC5)ccc32)cc1C(F)(F)F. The zero-order valence-corrected chi connectivity index (χ0v) is 19.8. The van der Waals surface area contributed by atoms with Gasteiger partial charge in [0.2, 0.25) is 5.88 Å². The Morgan fingerprint density at radius 1 is 1.28 bits per heavy atom. The number of benzene rings is 1. The van der Waals surface area contributed by atoms with Gasteiger partial charge in [0.05, 0.1) is 11.2 Å². The molecule has 0 bridgehead atoms. The van der Waals surface area contributed by atoms with E-state index < -0.39 is 17.9 Å². The van der Waals surface area contributed by atoms with Crippen LogP contribution in [-0.4, -0.2) is 36.4 Å². The molecule has 0 saturated carbocycles. The third-order valence-electron chi connectivity index (χ3n) is 6.25. The molecule has 0 unspecified atom stereocenters. The Morgan fingerprint density at radius 3 is 2.81 bits per heavy atom. The largest absolute Gasteiger partial charge is 0.438 e. The van der Waals surface area contributed by atoms with Crippen molar-refractivity contribution in [1.82, 2.24) is 29.6 Å². The molecule has 12 heteroatoms. The summed E-state index contributed by atoms with van der Waals surface area (Å²) in [4.78, 5) is 21.6. The third-order valence-corrected chi connectivity index (χ3v) is 6.25. The standard InChI is InChI=1S/C24H24F3N7O2/c1-4-34-20(24(25,26)27)10-21(32-34)31-23(35)33-8-7-15-14(3)19(6-5-18(15)33)36-22-16-9-13(2)28-11-17(16)29-12-30-22/h5-8,10,12-13,28H,4,9,11H2,1-3H3,(H,31,32,35)/t13-/m0/s1. The smallest absolute Gasteiger partial charge is 0.433 e. The molecule has 188 valence electrons. The lowest BCUT2D eigenvalue weighted by Crippen LogP contribution is -2.33. The molecule has 36 heavy (non-hydrogen) atoms. The van der Waals surface area contributed by atoms with Gasteiger partial charge in [-0.15, -0.1) is 0 Å². The summed E-state index contributed by atoms with van der Waals surface area (Å²) >= 11 is 0. The van der Waals surface area contributed by atoms with Crippen LogP contribution in [0, 0.1) is 6.92 Å². The fourth-order valence-electron chi connectivity index (χ4n) is 4.38. The van der Waals surface area contributed by atoms with Gasteiger partial charge in [-0.05, 0) is 45.4 Å². The summed E-state index contributed by atoms with van der Waals surface area (Å²) in [5.41, 5.74) is 2.31. The highest BCUT2D eigenvalue weighted by Crippen LogP contribution is 2.34. The lowest BCUT2D eigenvalue weighted by Gasteiger charge is -2.23. The number of amides is 1. The number of fused-ring (bicyclic) bond motifs is 2. The highest BCUT2D eigenvalue weighted by molar-refractivity contribution is 5.99. The summed E-state index contributed by atoms with van der Waals surface area (Å²) in [5, 5.41) is 10.4. The van der Waals surface area contributed by atoms with Crippen LogP contribution in [0.4, 0.5) is 23.8 Å². The number of carbonyl (C=O) groups excluding carboxylic acids is 1. The van der Waals surface area contributed by atoms with Gasteiger partial charge in [-0.25, -0.2) is 14.8 Å². The van der Waals surface area contributed by atoms with E-state index in [0.717, 1.165) is 39.4 Å². The molecule has 2 N–H and O–H groups in total. The Balaban J connectivity index is 1.41. The average molecular weight is 499 g/mol. The minimum Gasteiger partial charge on any atom is -0.438 e. The van der Waals surface area contributed by atoms with Crippen LogP contribution in [0.5, 0.6) is 11.6 Å². The molecule has 0 fully saturated rings. The monoisotopic (exact) mass is 499 g/mol. The van der Waals surface area contributed by atoms with Gasteiger partial charge < -0.3 is 10.1 Å². The molecule has 0 saturated heterocycles. The van der Waals surface area contributed by atoms with E-state index in [-0.39, 0.29) is 18.4 Å². The maximum Gasteiger partial charge on any atom is 0.433 e. The van der Waals surface area contributed by atoms with Crippen molar-refractivity contribution >= 4 is 22.8 Å². The van der Waals surface area contributed by atoms with Crippen molar-refractivity contribution in [2.24, 2.45) is 0 Å². The first-order valence-electron chi connectivity index (χ1n) is 11.5. The van der Waals surface area contributed by atoms with E-state index in [0.29, 0.717) is 23.7 Å². The number of rotatable bonds is 4. The molecule has 4 heterocycles. The van der Waals surface area contributed by atoms with Crippen molar-refractivity contribution in [1.29, 1.82) is 0 Å². The first kappa shape index (κ1) is 23.8. The Morgan fingerprint density at radius 2 is 2.08 bits per heavy atom. The molecule has 3 aromatic heterocycles. The molecule has 0 radical (unpaired) electrons. The number of aryl methyl sites for hydroxylation is 2. The normalized spacial score (nSPS) is 15.7. The molecule has 0 spiro atoms. The molecule has 1 aromatic carbocycles. The summed E-state index contributed by atoms with van der Waals surface area (Å²) in [5.74, 6) is 0.911. The third kappa shape index (κ3) is 4.28. The summed E-state index contributed by atoms with van der Waals surface area (Å²) in [6, 6.07) is 5.69. The van der Waals surface area contributed by atoms with Crippen LogP contribution in [0.2, 0.25) is 0 Å². The topological polar surface area (TPSA) is 98.9 Å².